The van der Waals surface area contributed by atoms with Crippen molar-refractivity contribution >= 4 is 33.9 Å². The van der Waals surface area contributed by atoms with Crippen molar-refractivity contribution in [1.29, 1.82) is 0 Å². The van der Waals surface area contributed by atoms with E-state index < -0.39 is 29.9 Å². The molecular formula is C9H16N2O5Se. The van der Waals surface area contributed by atoms with Gasteiger partial charge in [0.25, 0.3) is 0 Å². The van der Waals surface area contributed by atoms with Crippen LogP contribution in [0.15, 0.2) is 0 Å². The second-order valence-electron chi connectivity index (χ2n) is 3.52. The van der Waals surface area contributed by atoms with E-state index in [9.17, 15) is 14.4 Å². The van der Waals surface area contributed by atoms with Crippen molar-refractivity contribution in [1.82, 2.24) is 4.90 Å². The van der Waals surface area contributed by atoms with Gasteiger partial charge in [0.15, 0.2) is 0 Å². The predicted molar refractivity (Wildman–Crippen MR) is 61.0 cm³/mol. The number of hydrogen-bond acceptors (Lipinski definition) is 4. The number of carbonyl (C=O) groups is 3. The Balaban J connectivity index is 4.31. The summed E-state index contributed by atoms with van der Waals surface area (Å²) in [6.07, 6.45) is -0.0931. The van der Waals surface area contributed by atoms with E-state index in [1.54, 1.807) is 0 Å². The third-order valence-electron chi connectivity index (χ3n) is 2.31. The third-order valence-corrected chi connectivity index (χ3v) is 3.03. The number of hydrogen-bond donors (Lipinski definition) is 3. The molecule has 0 heterocycles. The van der Waals surface area contributed by atoms with Crippen LogP contribution in [0, 0.1) is 0 Å². The fraction of sp³-hybridized carbons (Fsp3) is 0.667. The Morgan fingerprint density at radius 1 is 1.29 bits per heavy atom. The molecule has 0 rings (SSSR count). The van der Waals surface area contributed by atoms with Crippen LogP contribution in [-0.2, 0) is 14.4 Å². The van der Waals surface area contributed by atoms with Gasteiger partial charge in [0, 0.05) is 0 Å². The molecule has 0 aromatic carbocycles. The van der Waals surface area contributed by atoms with Gasteiger partial charge >= 0.3 is 106 Å². The average molecular weight is 311 g/mol. The number of carbonyl (C=O) groups excluding carboxylic acids is 1. The minimum absolute atomic E-state index is 0.0105. The molecule has 0 aliphatic rings. The summed E-state index contributed by atoms with van der Waals surface area (Å²) < 4.78 is 0. The van der Waals surface area contributed by atoms with Crippen molar-refractivity contribution < 1.29 is 24.6 Å². The van der Waals surface area contributed by atoms with Gasteiger partial charge in [-0.05, 0) is 0 Å². The number of likely N-dealkylation sites (N-methyl/N-ethyl adjacent to an activating group) is 1. The molecule has 0 aliphatic heterocycles. The van der Waals surface area contributed by atoms with Crippen LogP contribution in [0.2, 0.25) is 5.32 Å². The van der Waals surface area contributed by atoms with E-state index in [1.807, 2.05) is 0 Å². The van der Waals surface area contributed by atoms with Gasteiger partial charge in [-0.2, -0.15) is 0 Å². The summed E-state index contributed by atoms with van der Waals surface area (Å²) in [5.41, 5.74) is 5.24. The van der Waals surface area contributed by atoms with Crippen molar-refractivity contribution in [2.75, 3.05) is 7.05 Å². The van der Waals surface area contributed by atoms with Gasteiger partial charge in [0.05, 0.1) is 0 Å². The molecule has 4 N–H and O–H groups in total. The molecule has 7 nitrogen and oxygen atoms in total. The topological polar surface area (TPSA) is 121 Å². The zero-order valence-electron chi connectivity index (χ0n) is 9.37. The van der Waals surface area contributed by atoms with Crippen LogP contribution >= 0.6 is 0 Å². The molecule has 17 heavy (non-hydrogen) atoms. The van der Waals surface area contributed by atoms with E-state index in [-0.39, 0.29) is 18.2 Å². The molecule has 0 fully saturated rings. The zero-order valence-corrected chi connectivity index (χ0v) is 11.2. The summed E-state index contributed by atoms with van der Waals surface area (Å²) in [7, 11) is 1.38. The van der Waals surface area contributed by atoms with E-state index in [0.717, 1.165) is 4.90 Å². The molecule has 0 unspecified atom stereocenters. The molecule has 0 bridgehead atoms. The Morgan fingerprint density at radius 2 is 1.82 bits per heavy atom. The maximum absolute atomic E-state index is 11.6. The predicted octanol–water partition coefficient (Wildman–Crippen LogP) is -1.59. The van der Waals surface area contributed by atoms with Gasteiger partial charge < -0.3 is 0 Å². The van der Waals surface area contributed by atoms with Crippen molar-refractivity contribution in [3.05, 3.63) is 0 Å². The summed E-state index contributed by atoms with van der Waals surface area (Å²) in [6.45, 7) is 0. The van der Waals surface area contributed by atoms with Gasteiger partial charge in [-0.3, -0.25) is 0 Å². The van der Waals surface area contributed by atoms with Gasteiger partial charge in [-0.15, -0.1) is 0 Å². The van der Waals surface area contributed by atoms with Crippen LogP contribution in [0.4, 0.5) is 0 Å². The Kier molecular flexibility index (Phi) is 6.79. The molecule has 8 heteroatoms. The van der Waals surface area contributed by atoms with Gasteiger partial charge in [-0.25, -0.2) is 0 Å². The third kappa shape index (κ3) is 5.16. The molecule has 0 radical (unpaired) electrons. The minimum atomic E-state index is -1.18. The van der Waals surface area contributed by atoms with Crippen molar-refractivity contribution in [2.45, 2.75) is 30.2 Å². The summed E-state index contributed by atoms with van der Waals surface area (Å²) in [5, 5.41) is 17.6. The average Bonchev–Trinajstić information content (AvgIpc) is 2.25. The fourth-order valence-corrected chi connectivity index (χ4v) is 1.96. The van der Waals surface area contributed by atoms with Gasteiger partial charge in [0.1, 0.15) is 0 Å². The summed E-state index contributed by atoms with van der Waals surface area (Å²) in [4.78, 5) is 33.9. The Labute approximate surface area is 107 Å². The first-order valence-corrected chi connectivity index (χ1v) is 6.21. The number of nitrogens with zero attached hydrogens (tertiary/aromatic N) is 1. The number of nitrogens with two attached hydrogens (primary N) is 1. The second-order valence-corrected chi connectivity index (χ2v) is 4.29. The molecule has 98 valence electrons. The normalized spacial score (nSPS) is 13.8. The Morgan fingerprint density at radius 3 is 2.18 bits per heavy atom. The van der Waals surface area contributed by atoms with Crippen molar-refractivity contribution in [3.8, 4) is 0 Å². The molecule has 0 saturated carbocycles. The van der Waals surface area contributed by atoms with E-state index >= 15 is 0 Å². The quantitative estimate of drug-likeness (QED) is 0.487. The number of rotatable bonds is 7. The number of amides is 1. The molecule has 0 aromatic heterocycles. The number of carboxylic acid groups (broad SMARTS) is 2. The summed E-state index contributed by atoms with van der Waals surface area (Å²) in [5.74, 6) is -2.70. The number of carboxylic acids is 2. The van der Waals surface area contributed by atoms with Crippen LogP contribution in [0.5, 0.6) is 0 Å². The maximum atomic E-state index is 11.6. The fourth-order valence-electron chi connectivity index (χ4n) is 1.12. The SMILES string of the molecule is CN(C(=O)CC[C@H](N)C(=O)O)[C@@H](C[SeH])C(=O)O. The van der Waals surface area contributed by atoms with Crippen molar-refractivity contribution in [3.63, 3.8) is 0 Å². The van der Waals surface area contributed by atoms with Crippen LogP contribution in [-0.4, -0.2) is 68.1 Å². The second kappa shape index (κ2) is 7.26. The van der Waals surface area contributed by atoms with Crippen LogP contribution in [0.1, 0.15) is 12.8 Å². The van der Waals surface area contributed by atoms with E-state index in [2.05, 4.69) is 16.0 Å². The molecule has 0 saturated heterocycles. The standard InChI is InChI=1S/C9H16N2O5Se/c1-11(6(4-17)9(15)16)7(12)3-2-5(10)8(13)14/h5-6,17H,2-4,10H2,1H3,(H,13,14)(H,15,16)/t5-,6-/m0/s1. The zero-order chi connectivity index (χ0) is 13.6. The number of aliphatic carboxylic acids is 2. The van der Waals surface area contributed by atoms with E-state index in [0.29, 0.717) is 0 Å². The van der Waals surface area contributed by atoms with Crippen LogP contribution < -0.4 is 5.73 Å². The summed E-state index contributed by atoms with van der Waals surface area (Å²) in [6, 6.07) is -2.02. The Hall–Kier alpha value is -1.11. The molecular weight excluding hydrogens is 295 g/mol. The van der Waals surface area contributed by atoms with Gasteiger partial charge in [-0.1, -0.05) is 0 Å². The first-order chi connectivity index (χ1) is 7.81. The van der Waals surface area contributed by atoms with Crippen LogP contribution in [0.25, 0.3) is 0 Å². The van der Waals surface area contributed by atoms with Crippen molar-refractivity contribution in [2.24, 2.45) is 5.73 Å². The molecule has 2 atom stereocenters. The van der Waals surface area contributed by atoms with Gasteiger partial charge in [0.2, 0.25) is 0 Å². The van der Waals surface area contributed by atoms with E-state index in [1.165, 1.54) is 7.05 Å². The summed E-state index contributed by atoms with van der Waals surface area (Å²) >= 11 is 2.10. The first-order valence-electron chi connectivity index (χ1n) is 4.89. The molecule has 1 amide bonds. The molecule has 0 aliphatic carbocycles. The monoisotopic (exact) mass is 312 g/mol. The van der Waals surface area contributed by atoms with E-state index in [4.69, 9.17) is 15.9 Å². The molecule has 0 spiro atoms. The van der Waals surface area contributed by atoms with Crippen LogP contribution in [0.3, 0.4) is 0 Å². The molecule has 0 aromatic rings. The Bertz CT molecular complexity index is 310. The first kappa shape index (κ1) is 15.9.